The second-order valence-corrected chi connectivity index (χ2v) is 10.2. The Hall–Kier alpha value is -3.04. The Morgan fingerprint density at radius 2 is 1.89 bits per heavy atom. The van der Waals surface area contributed by atoms with Crippen LogP contribution in [0.4, 0.5) is 13.2 Å². The minimum Gasteiger partial charge on any atom is -0.395 e. The van der Waals surface area contributed by atoms with Crippen molar-refractivity contribution in [2.24, 2.45) is 0 Å². The second kappa shape index (κ2) is 8.77. The van der Waals surface area contributed by atoms with E-state index in [0.717, 1.165) is 0 Å². The molecule has 1 fully saturated rings. The molecular weight excluding hydrogens is 487 g/mol. The van der Waals surface area contributed by atoms with Crippen LogP contribution in [-0.4, -0.2) is 39.6 Å². The molecule has 5 rings (SSSR count). The van der Waals surface area contributed by atoms with Crippen molar-refractivity contribution in [2.75, 3.05) is 6.61 Å². The van der Waals surface area contributed by atoms with Crippen LogP contribution in [0.25, 0.3) is 10.9 Å². The van der Waals surface area contributed by atoms with Crippen LogP contribution in [0.2, 0.25) is 0 Å². The first-order chi connectivity index (χ1) is 19.9. The molecule has 6 nitrogen and oxygen atoms in total. The molecule has 2 N–H and O–H groups in total. The Balaban J connectivity index is 1.65. The molecule has 1 aliphatic carbocycles. The Morgan fingerprint density at radius 3 is 2.54 bits per heavy atom. The summed E-state index contributed by atoms with van der Waals surface area (Å²) < 4.78 is 105. The number of alkyl halides is 2. The molecule has 1 atom stereocenters. The molecule has 0 saturated heterocycles. The number of aliphatic hydroxyl groups excluding tert-OH is 2. The number of benzene rings is 2. The first kappa shape index (κ1) is 19.1. The first-order valence-corrected chi connectivity index (χ1v) is 12.0. The van der Waals surface area contributed by atoms with E-state index in [1.54, 1.807) is 0 Å². The monoisotopic (exact) mass is 523 g/mol. The van der Waals surface area contributed by atoms with Crippen LogP contribution >= 0.6 is 0 Å². The molecule has 198 valence electrons. The fourth-order valence-corrected chi connectivity index (χ4v) is 4.51. The lowest BCUT2D eigenvalue weighted by molar-refractivity contribution is -0.286. The van der Waals surface area contributed by atoms with Gasteiger partial charge in [-0.2, -0.15) is 0 Å². The third-order valence-corrected chi connectivity index (χ3v) is 7.21. The fourth-order valence-electron chi connectivity index (χ4n) is 4.51. The molecule has 2 aliphatic rings. The molecule has 2 aromatic carbocycles. The number of aliphatic hydroxyl groups is 2. The van der Waals surface area contributed by atoms with E-state index in [4.69, 9.17) is 8.22 Å². The number of carbonyl (C=O) groups excluding carboxylic acids is 1. The van der Waals surface area contributed by atoms with Gasteiger partial charge in [-0.25, -0.2) is 4.39 Å². The van der Waals surface area contributed by atoms with Crippen molar-refractivity contribution >= 4 is 16.7 Å². The fraction of sp³-hybridized carbons (Fsp3) is 0.464. The first-order valence-electron chi connectivity index (χ1n) is 15.0. The van der Waals surface area contributed by atoms with E-state index in [-0.39, 0.29) is 41.9 Å². The van der Waals surface area contributed by atoms with E-state index in [0.29, 0.717) is 12.1 Å². The van der Waals surface area contributed by atoms with E-state index in [1.165, 1.54) is 4.57 Å². The van der Waals surface area contributed by atoms with E-state index in [2.05, 4.69) is 9.47 Å². The number of hydrogen-bond acceptors (Lipinski definition) is 5. The minimum atomic E-state index is -4.16. The SMILES string of the molecule is [2H]c1c([2H])c(C2(C(=O)Cc3c(F)c([2H])c4c(c3[2H])c([2H])c(C(C)(C)CC)n4C[C@@H](O)CO)CC2)c([2H])c2c1OC(F)(F)O2. The van der Waals surface area contributed by atoms with Gasteiger partial charge < -0.3 is 24.3 Å². The van der Waals surface area contributed by atoms with Gasteiger partial charge in [-0.1, -0.05) is 26.8 Å². The highest BCUT2D eigenvalue weighted by atomic mass is 19.3. The number of halogens is 3. The topological polar surface area (TPSA) is 80.9 Å². The summed E-state index contributed by atoms with van der Waals surface area (Å²) in [5.74, 6) is -3.52. The summed E-state index contributed by atoms with van der Waals surface area (Å²) in [4.78, 5) is 13.8. The van der Waals surface area contributed by atoms with Crippen molar-refractivity contribution in [1.29, 1.82) is 0 Å². The molecule has 1 aromatic heterocycles. The summed E-state index contributed by atoms with van der Waals surface area (Å²) in [7, 11) is 0. The van der Waals surface area contributed by atoms with Gasteiger partial charge in [-0.15, -0.1) is 8.78 Å². The highest BCUT2D eigenvalue weighted by Crippen LogP contribution is 2.52. The van der Waals surface area contributed by atoms with Gasteiger partial charge >= 0.3 is 6.29 Å². The molecule has 9 heteroatoms. The maximum Gasteiger partial charge on any atom is 0.586 e. The molecular formula is C28H30F3NO5. The maximum absolute atomic E-state index is 15.9. The van der Waals surface area contributed by atoms with Crippen LogP contribution in [0, 0.1) is 5.82 Å². The quantitative estimate of drug-likeness (QED) is 0.413. The molecule has 2 heterocycles. The summed E-state index contributed by atoms with van der Waals surface area (Å²) >= 11 is 0. The zero-order valence-electron chi connectivity index (χ0n) is 26.5. The number of hydrogen-bond donors (Lipinski definition) is 2. The standard InChI is InChI=1S/C28H30F3NO5/c1-4-26(2,3)24-10-17-9-16(20(29)13-21(17)32(24)14-19(34)15-33)11-25(35)27(7-8-27)18-5-6-22-23(12-18)37-28(30,31)36-22/h5-6,9-10,12-13,19,33-34H,4,7-8,11,14-15H2,1-3H3/t19-/m1/s1/i5D,6D,9D,10D,12D,13D. The number of ketones is 1. The number of rotatable bonds is 9. The van der Waals surface area contributed by atoms with Crippen molar-refractivity contribution in [2.45, 2.75) is 76.2 Å². The molecule has 0 amide bonds. The number of ether oxygens (including phenoxy) is 2. The largest absolute Gasteiger partial charge is 0.586 e. The van der Waals surface area contributed by atoms with Crippen LogP contribution in [0.5, 0.6) is 11.5 Å². The lowest BCUT2D eigenvalue weighted by Crippen LogP contribution is -2.26. The Bertz CT molecular complexity index is 1690. The minimum absolute atomic E-state index is 0.0674. The maximum atomic E-state index is 15.9. The van der Waals surface area contributed by atoms with Crippen molar-refractivity contribution in [3.63, 3.8) is 0 Å². The zero-order valence-corrected chi connectivity index (χ0v) is 20.5. The summed E-state index contributed by atoms with van der Waals surface area (Å²) in [6.07, 6.45) is -5.58. The normalized spacial score (nSPS) is 20.5. The molecule has 0 unspecified atom stereocenters. The summed E-state index contributed by atoms with van der Waals surface area (Å²) in [5.41, 5.74) is -2.95. The zero-order chi connectivity index (χ0) is 32.0. The summed E-state index contributed by atoms with van der Waals surface area (Å²) in [6.45, 7) is 4.57. The predicted molar refractivity (Wildman–Crippen MR) is 131 cm³/mol. The van der Waals surface area contributed by atoms with Crippen LogP contribution in [0.1, 0.15) is 65.1 Å². The Kier molecular flexibility index (Phi) is 4.52. The van der Waals surface area contributed by atoms with Gasteiger partial charge in [0.15, 0.2) is 11.5 Å². The third kappa shape index (κ3) is 4.48. The Morgan fingerprint density at radius 1 is 1.19 bits per heavy atom. The Labute approximate surface area is 221 Å². The van der Waals surface area contributed by atoms with E-state index >= 15 is 4.39 Å². The van der Waals surface area contributed by atoms with Crippen LogP contribution in [-0.2, 0) is 28.6 Å². The highest BCUT2D eigenvalue weighted by Gasteiger charge is 2.52. The van der Waals surface area contributed by atoms with Crippen molar-refractivity contribution in [1.82, 2.24) is 4.57 Å². The van der Waals surface area contributed by atoms with E-state index in [1.807, 2.05) is 20.8 Å². The average molecular weight is 524 g/mol. The van der Waals surface area contributed by atoms with Gasteiger partial charge in [0.1, 0.15) is 11.6 Å². The van der Waals surface area contributed by atoms with Crippen LogP contribution < -0.4 is 9.47 Å². The number of aromatic nitrogens is 1. The lowest BCUT2D eigenvalue weighted by atomic mass is 9.86. The van der Waals surface area contributed by atoms with Gasteiger partial charge in [0, 0.05) is 22.9 Å². The van der Waals surface area contributed by atoms with Crippen molar-refractivity contribution in [3.8, 4) is 11.5 Å². The smallest absolute Gasteiger partial charge is 0.395 e. The van der Waals surface area contributed by atoms with Crippen molar-refractivity contribution < 1.29 is 45.9 Å². The van der Waals surface area contributed by atoms with Gasteiger partial charge in [0.05, 0.1) is 38.4 Å². The second-order valence-electron chi connectivity index (χ2n) is 10.2. The van der Waals surface area contributed by atoms with Gasteiger partial charge in [0.2, 0.25) is 0 Å². The molecule has 0 radical (unpaired) electrons. The van der Waals surface area contributed by atoms with Gasteiger partial charge in [-0.3, -0.25) is 4.79 Å². The molecule has 1 aliphatic heterocycles. The van der Waals surface area contributed by atoms with Crippen LogP contribution in [0.15, 0.2) is 36.3 Å². The van der Waals surface area contributed by atoms with Crippen molar-refractivity contribution in [3.05, 3.63) is 58.9 Å². The molecule has 1 saturated carbocycles. The summed E-state index contributed by atoms with van der Waals surface area (Å²) in [5, 5.41) is 19.6. The molecule has 37 heavy (non-hydrogen) atoms. The molecule has 0 bridgehead atoms. The van der Waals surface area contributed by atoms with Crippen LogP contribution in [0.3, 0.4) is 0 Å². The van der Waals surface area contributed by atoms with Gasteiger partial charge in [0.25, 0.3) is 0 Å². The third-order valence-electron chi connectivity index (χ3n) is 7.21. The van der Waals surface area contributed by atoms with Gasteiger partial charge in [-0.05, 0) is 60.6 Å². The average Bonchev–Trinajstić information content (AvgIpc) is 3.59. The summed E-state index contributed by atoms with van der Waals surface area (Å²) in [6, 6.07) is -3.61. The molecule has 0 spiro atoms. The van der Waals surface area contributed by atoms with E-state index < -0.39 is 95.1 Å². The highest BCUT2D eigenvalue weighted by molar-refractivity contribution is 5.95. The number of fused-ring (bicyclic) bond motifs is 2. The predicted octanol–water partition coefficient (Wildman–Crippen LogP) is 4.99. The number of carbonyl (C=O) groups is 1. The number of nitrogens with zero attached hydrogens (tertiary/aromatic N) is 1. The molecule has 3 aromatic rings. The van der Waals surface area contributed by atoms with E-state index in [9.17, 15) is 23.8 Å². The lowest BCUT2D eigenvalue weighted by Gasteiger charge is -2.26. The number of Topliss-reactive ketones (excluding diaryl/α,β-unsaturated/α-hetero) is 1.